The predicted octanol–water partition coefficient (Wildman–Crippen LogP) is 0.248. The Labute approximate surface area is 113 Å². The monoisotopic (exact) mass is 296 g/mol. The van der Waals surface area contributed by atoms with Crippen LogP contribution in [0.25, 0.3) is 0 Å². The van der Waals surface area contributed by atoms with E-state index in [2.05, 4.69) is 0 Å². The fraction of sp³-hybridized carbons (Fsp3) is 0.909. The van der Waals surface area contributed by atoms with E-state index >= 15 is 0 Å². The zero-order valence-corrected chi connectivity index (χ0v) is 12.1. The van der Waals surface area contributed by atoms with Crippen LogP contribution in [0, 0.1) is 5.92 Å². The Kier molecular flexibility index (Phi) is 5.31. The van der Waals surface area contributed by atoms with Gasteiger partial charge >= 0.3 is 5.97 Å². The summed E-state index contributed by atoms with van der Waals surface area (Å²) in [6, 6.07) is 0. The van der Waals surface area contributed by atoms with E-state index in [1.54, 1.807) is 6.92 Å². The molecule has 19 heavy (non-hydrogen) atoms. The Hall–Kier alpha value is -0.700. The highest BCUT2D eigenvalue weighted by Crippen LogP contribution is 2.16. The van der Waals surface area contributed by atoms with Crippen LogP contribution in [0.1, 0.15) is 20.8 Å². The normalized spacial score (nSPS) is 20.9. The molecule has 112 valence electrons. The van der Waals surface area contributed by atoms with E-state index in [4.69, 9.17) is 18.8 Å². The van der Waals surface area contributed by atoms with Gasteiger partial charge in [0.05, 0.1) is 25.7 Å². The summed E-state index contributed by atoms with van der Waals surface area (Å²) in [5, 5.41) is 0. The maximum atomic E-state index is 11.7. The van der Waals surface area contributed by atoms with Gasteiger partial charge in [0, 0.05) is 0 Å². The third-order valence-corrected chi connectivity index (χ3v) is 3.44. The third-order valence-electron chi connectivity index (χ3n) is 2.38. The Morgan fingerprint density at radius 3 is 2.58 bits per heavy atom. The number of hydrogen-bond acceptors (Lipinski definition) is 6. The van der Waals surface area contributed by atoms with Gasteiger partial charge in [-0.25, -0.2) is 0 Å². The fourth-order valence-corrected chi connectivity index (χ4v) is 2.39. The lowest BCUT2D eigenvalue weighted by Gasteiger charge is -2.25. The first kappa shape index (κ1) is 16.4. The second-order valence-corrected chi connectivity index (χ2v) is 6.75. The summed E-state index contributed by atoms with van der Waals surface area (Å²) in [6.45, 7) is 5.76. The topological polar surface area (TPSA) is 102 Å². The Morgan fingerprint density at radius 1 is 1.53 bits per heavy atom. The average molecular weight is 296 g/mol. The first-order chi connectivity index (χ1) is 8.59. The summed E-state index contributed by atoms with van der Waals surface area (Å²) < 4.78 is 45.6. The molecule has 1 aliphatic heterocycles. The van der Waals surface area contributed by atoms with E-state index in [9.17, 15) is 13.2 Å². The molecule has 0 bridgehead atoms. The van der Waals surface area contributed by atoms with Crippen molar-refractivity contribution in [2.75, 3.05) is 25.6 Å². The van der Waals surface area contributed by atoms with Crippen molar-refractivity contribution in [3.63, 3.8) is 0 Å². The molecule has 0 radical (unpaired) electrons. The van der Waals surface area contributed by atoms with E-state index in [1.807, 2.05) is 0 Å². The van der Waals surface area contributed by atoms with Gasteiger partial charge in [0.2, 0.25) is 0 Å². The molecule has 1 saturated heterocycles. The van der Waals surface area contributed by atoms with Gasteiger partial charge in [-0.1, -0.05) is 0 Å². The molecule has 0 aliphatic carbocycles. The molecule has 0 amide bonds. The number of epoxide rings is 1. The molecule has 0 aromatic rings. The van der Waals surface area contributed by atoms with Crippen LogP contribution in [-0.4, -0.2) is 56.2 Å². The molecule has 0 aromatic carbocycles. The lowest BCUT2D eigenvalue weighted by Crippen LogP contribution is -2.38. The molecule has 1 heterocycles. The number of rotatable bonds is 8. The van der Waals surface area contributed by atoms with Crippen LogP contribution >= 0.6 is 0 Å². The van der Waals surface area contributed by atoms with E-state index in [0.717, 1.165) is 0 Å². The van der Waals surface area contributed by atoms with Crippen LogP contribution in [-0.2, 0) is 29.1 Å². The highest BCUT2D eigenvalue weighted by Gasteiger charge is 2.31. The summed E-state index contributed by atoms with van der Waals surface area (Å²) in [5.74, 6) is -1.72. The van der Waals surface area contributed by atoms with Gasteiger partial charge in [-0.15, -0.1) is 0 Å². The first-order valence-electron chi connectivity index (χ1n) is 5.96. The fourth-order valence-electron chi connectivity index (χ4n) is 1.45. The molecule has 0 aromatic heterocycles. The molecular weight excluding hydrogens is 276 g/mol. The van der Waals surface area contributed by atoms with E-state index in [-0.39, 0.29) is 12.7 Å². The number of esters is 1. The predicted molar refractivity (Wildman–Crippen MR) is 66.3 cm³/mol. The summed E-state index contributed by atoms with van der Waals surface area (Å²) in [6.07, 6.45) is 0.124. The minimum atomic E-state index is -4.20. The largest absolute Gasteiger partial charge is 0.458 e. The smallest absolute Gasteiger partial charge is 0.311 e. The van der Waals surface area contributed by atoms with Gasteiger partial charge in [0.1, 0.15) is 17.5 Å². The van der Waals surface area contributed by atoms with Crippen molar-refractivity contribution >= 4 is 16.1 Å². The van der Waals surface area contributed by atoms with Gasteiger partial charge in [-0.3, -0.25) is 9.35 Å². The molecule has 0 saturated carbocycles. The number of carbonyl (C=O) groups is 1. The van der Waals surface area contributed by atoms with Crippen molar-refractivity contribution in [1.29, 1.82) is 0 Å². The molecule has 7 nitrogen and oxygen atoms in total. The van der Waals surface area contributed by atoms with Crippen LogP contribution in [0.5, 0.6) is 0 Å². The van der Waals surface area contributed by atoms with Crippen molar-refractivity contribution in [3.8, 4) is 0 Å². The molecule has 1 N–H and O–H groups in total. The molecule has 8 heteroatoms. The summed E-state index contributed by atoms with van der Waals surface area (Å²) in [5.41, 5.74) is -1.28. The lowest BCUT2D eigenvalue weighted by molar-refractivity contribution is -0.161. The Morgan fingerprint density at radius 2 is 2.11 bits per heavy atom. The third kappa shape index (κ3) is 7.46. The van der Waals surface area contributed by atoms with Gasteiger partial charge in [-0.2, -0.15) is 8.42 Å². The second-order valence-electron chi connectivity index (χ2n) is 5.30. The summed E-state index contributed by atoms with van der Waals surface area (Å²) in [4.78, 5) is 11.7. The van der Waals surface area contributed by atoms with Gasteiger partial charge in [0.15, 0.2) is 0 Å². The SMILES string of the molecule is CC(COCC1CO1)C(=O)OC(C)(C)CS(=O)(=O)O. The highest BCUT2D eigenvalue weighted by atomic mass is 32.2. The molecule has 2 atom stereocenters. The lowest BCUT2D eigenvalue weighted by atomic mass is 10.1. The maximum absolute atomic E-state index is 11.7. The van der Waals surface area contributed by atoms with E-state index in [0.29, 0.717) is 13.2 Å². The number of ether oxygens (including phenoxy) is 3. The molecular formula is C11H20O7S. The average Bonchev–Trinajstić information content (AvgIpc) is 2.96. The van der Waals surface area contributed by atoms with E-state index in [1.165, 1.54) is 13.8 Å². The molecule has 2 unspecified atom stereocenters. The number of hydrogen-bond donors (Lipinski definition) is 1. The number of carbonyl (C=O) groups excluding carboxylic acids is 1. The molecule has 1 fully saturated rings. The van der Waals surface area contributed by atoms with Crippen LogP contribution in [0.4, 0.5) is 0 Å². The van der Waals surface area contributed by atoms with Crippen molar-refractivity contribution in [3.05, 3.63) is 0 Å². The zero-order chi connectivity index (χ0) is 14.7. The first-order valence-corrected chi connectivity index (χ1v) is 7.57. The van der Waals surface area contributed by atoms with Gasteiger partial charge < -0.3 is 14.2 Å². The quantitative estimate of drug-likeness (QED) is 0.389. The van der Waals surface area contributed by atoms with Gasteiger partial charge in [0.25, 0.3) is 10.1 Å². The van der Waals surface area contributed by atoms with E-state index < -0.39 is 33.4 Å². The summed E-state index contributed by atoms with van der Waals surface area (Å²) >= 11 is 0. The minimum absolute atomic E-state index is 0.124. The zero-order valence-electron chi connectivity index (χ0n) is 11.3. The Bertz CT molecular complexity index is 411. The summed E-state index contributed by atoms with van der Waals surface area (Å²) in [7, 11) is -4.20. The van der Waals surface area contributed by atoms with Crippen molar-refractivity contribution in [2.24, 2.45) is 5.92 Å². The van der Waals surface area contributed by atoms with Crippen LogP contribution < -0.4 is 0 Å². The molecule has 1 aliphatic rings. The van der Waals surface area contributed by atoms with Gasteiger partial charge in [-0.05, 0) is 20.8 Å². The minimum Gasteiger partial charge on any atom is -0.458 e. The van der Waals surface area contributed by atoms with Crippen LogP contribution in [0.3, 0.4) is 0 Å². The standard InChI is InChI=1S/C11H20O7S/c1-8(4-16-5-9-6-17-9)10(12)18-11(2,3)7-19(13,14)15/h8-9H,4-7H2,1-3H3,(H,13,14,15). The van der Waals surface area contributed by atoms with Crippen molar-refractivity contribution in [1.82, 2.24) is 0 Å². The van der Waals surface area contributed by atoms with Crippen molar-refractivity contribution in [2.45, 2.75) is 32.5 Å². The molecule has 1 rings (SSSR count). The second kappa shape index (κ2) is 6.17. The Balaban J connectivity index is 2.34. The highest BCUT2D eigenvalue weighted by molar-refractivity contribution is 7.85. The van der Waals surface area contributed by atoms with Crippen LogP contribution in [0.2, 0.25) is 0 Å². The van der Waals surface area contributed by atoms with Crippen LogP contribution in [0.15, 0.2) is 0 Å². The van der Waals surface area contributed by atoms with Crippen molar-refractivity contribution < 1.29 is 32.0 Å². The molecule has 0 spiro atoms. The maximum Gasteiger partial charge on any atom is 0.311 e.